The third-order valence-electron chi connectivity index (χ3n) is 2.42. The number of carbonyl (C=O) groups excluding carboxylic acids is 1. The second-order valence-corrected chi connectivity index (χ2v) is 4.45. The molecule has 0 unspecified atom stereocenters. The molecule has 1 aromatic carbocycles. The van der Waals surface area contributed by atoms with Crippen LogP contribution in [0, 0.1) is 11.3 Å². The van der Waals surface area contributed by atoms with Crippen molar-refractivity contribution in [3.63, 3.8) is 0 Å². The Kier molecular flexibility index (Phi) is 3.59. The van der Waals surface area contributed by atoms with Gasteiger partial charge in [-0.2, -0.15) is 18.4 Å². The second kappa shape index (κ2) is 4.55. The van der Waals surface area contributed by atoms with Gasteiger partial charge in [-0.25, -0.2) is 0 Å². The van der Waals surface area contributed by atoms with Gasteiger partial charge in [0, 0.05) is 5.69 Å². The molecule has 0 saturated carbocycles. The lowest BCUT2D eigenvalue weighted by atomic mass is 9.89. The highest BCUT2D eigenvalue weighted by Gasteiger charge is 2.41. The minimum Gasteiger partial charge on any atom is -0.398 e. The average molecular weight is 272 g/mol. The lowest BCUT2D eigenvalue weighted by Crippen LogP contribution is -2.34. The SMILES string of the molecule is CC(C)(O)C(=O)c1c(N)ccc(C#N)c1C(F)(F)F. The van der Waals surface area contributed by atoms with Crippen LogP contribution in [0.5, 0.6) is 0 Å². The summed E-state index contributed by atoms with van der Waals surface area (Å²) in [7, 11) is 0. The Morgan fingerprint density at radius 1 is 1.37 bits per heavy atom. The first-order chi connectivity index (χ1) is 8.50. The second-order valence-electron chi connectivity index (χ2n) is 4.45. The largest absolute Gasteiger partial charge is 0.418 e. The number of carbonyl (C=O) groups is 1. The standard InChI is InChI=1S/C12H11F3N2O2/c1-11(2,19)10(18)8-7(17)4-3-6(5-16)9(8)12(13,14)15/h3-4,19H,17H2,1-2H3. The monoisotopic (exact) mass is 272 g/mol. The van der Waals surface area contributed by atoms with Crippen LogP contribution in [0.25, 0.3) is 0 Å². The maximum atomic E-state index is 13.0. The molecule has 0 aliphatic rings. The van der Waals surface area contributed by atoms with Crippen LogP contribution in [0.2, 0.25) is 0 Å². The summed E-state index contributed by atoms with van der Waals surface area (Å²) in [6.45, 7) is 2.10. The zero-order valence-corrected chi connectivity index (χ0v) is 10.2. The van der Waals surface area contributed by atoms with E-state index in [2.05, 4.69) is 0 Å². The van der Waals surface area contributed by atoms with Crippen LogP contribution >= 0.6 is 0 Å². The summed E-state index contributed by atoms with van der Waals surface area (Å²) in [6.07, 6.45) is -4.92. The first-order valence-electron chi connectivity index (χ1n) is 5.17. The number of alkyl halides is 3. The van der Waals surface area contributed by atoms with Gasteiger partial charge < -0.3 is 10.8 Å². The van der Waals surface area contributed by atoms with Gasteiger partial charge in [0.05, 0.1) is 22.8 Å². The number of nitrogen functional groups attached to an aromatic ring is 1. The van der Waals surface area contributed by atoms with E-state index in [-0.39, 0.29) is 0 Å². The van der Waals surface area contributed by atoms with Crippen LogP contribution in [-0.2, 0) is 6.18 Å². The Bertz CT molecular complexity index is 566. The summed E-state index contributed by atoms with van der Waals surface area (Å²) in [5.74, 6) is -1.19. The molecule has 1 aromatic rings. The molecule has 19 heavy (non-hydrogen) atoms. The number of hydrogen-bond acceptors (Lipinski definition) is 4. The predicted molar refractivity (Wildman–Crippen MR) is 61.2 cm³/mol. The summed E-state index contributed by atoms with van der Waals surface area (Å²) in [4.78, 5) is 11.9. The molecule has 0 aromatic heterocycles. The lowest BCUT2D eigenvalue weighted by molar-refractivity contribution is -0.138. The van der Waals surface area contributed by atoms with Crippen LogP contribution in [0.4, 0.5) is 18.9 Å². The maximum Gasteiger partial charge on any atom is 0.418 e. The topological polar surface area (TPSA) is 87.1 Å². The summed E-state index contributed by atoms with van der Waals surface area (Å²) < 4.78 is 39.0. The third-order valence-corrected chi connectivity index (χ3v) is 2.42. The highest BCUT2D eigenvalue weighted by atomic mass is 19.4. The molecule has 0 saturated heterocycles. The minimum absolute atomic E-state index is 0.432. The van der Waals surface area contributed by atoms with Crippen molar-refractivity contribution in [3.8, 4) is 6.07 Å². The zero-order chi connectivity index (χ0) is 15.0. The number of aliphatic hydroxyl groups is 1. The number of benzene rings is 1. The van der Waals surface area contributed by atoms with Crippen LogP contribution in [-0.4, -0.2) is 16.5 Å². The zero-order valence-electron chi connectivity index (χ0n) is 10.2. The molecular weight excluding hydrogens is 261 g/mol. The van der Waals surface area contributed by atoms with Crippen molar-refractivity contribution < 1.29 is 23.1 Å². The molecule has 3 N–H and O–H groups in total. The Labute approximate surface area is 107 Å². The number of nitrogens with two attached hydrogens (primary N) is 1. The summed E-state index contributed by atoms with van der Waals surface area (Å²) in [5.41, 5.74) is -0.0639. The molecule has 0 heterocycles. The van der Waals surface area contributed by atoms with Gasteiger partial charge in [-0.3, -0.25) is 4.79 Å². The van der Waals surface area contributed by atoms with Crippen molar-refractivity contribution in [2.45, 2.75) is 25.6 Å². The Morgan fingerprint density at radius 2 is 1.89 bits per heavy atom. The van der Waals surface area contributed by atoms with Crippen molar-refractivity contribution in [2.24, 2.45) is 0 Å². The van der Waals surface area contributed by atoms with E-state index in [0.717, 1.165) is 26.0 Å². The molecule has 0 spiro atoms. The molecule has 0 aliphatic carbocycles. The number of nitrogens with zero attached hydrogens (tertiary/aromatic N) is 1. The van der Waals surface area contributed by atoms with Gasteiger partial charge in [-0.15, -0.1) is 0 Å². The number of ketones is 1. The molecular formula is C12H11F3N2O2. The summed E-state index contributed by atoms with van der Waals surface area (Å²) >= 11 is 0. The quantitative estimate of drug-likeness (QED) is 0.637. The molecule has 0 fully saturated rings. The Morgan fingerprint density at radius 3 is 2.26 bits per heavy atom. The van der Waals surface area contributed by atoms with Crippen LogP contribution in [0.3, 0.4) is 0 Å². The van der Waals surface area contributed by atoms with E-state index < -0.39 is 39.9 Å². The third kappa shape index (κ3) is 2.85. The van der Waals surface area contributed by atoms with Gasteiger partial charge in [0.2, 0.25) is 0 Å². The highest BCUT2D eigenvalue weighted by Crippen LogP contribution is 2.38. The molecule has 102 valence electrons. The van der Waals surface area contributed by atoms with E-state index in [1.54, 1.807) is 0 Å². The van der Waals surface area contributed by atoms with Gasteiger partial charge >= 0.3 is 6.18 Å². The van der Waals surface area contributed by atoms with Crippen molar-refractivity contribution in [1.82, 2.24) is 0 Å². The fraction of sp³-hybridized carbons (Fsp3) is 0.333. The fourth-order valence-corrected chi connectivity index (χ4v) is 1.56. The van der Waals surface area contributed by atoms with E-state index in [9.17, 15) is 23.1 Å². The van der Waals surface area contributed by atoms with Crippen LogP contribution < -0.4 is 5.73 Å². The molecule has 7 heteroatoms. The molecule has 0 aliphatic heterocycles. The number of anilines is 1. The van der Waals surface area contributed by atoms with Crippen LogP contribution in [0.1, 0.15) is 35.3 Å². The van der Waals surface area contributed by atoms with Gasteiger partial charge in [0.25, 0.3) is 0 Å². The number of halogens is 3. The van der Waals surface area contributed by atoms with Gasteiger partial charge in [0.15, 0.2) is 5.78 Å². The maximum absolute atomic E-state index is 13.0. The van der Waals surface area contributed by atoms with E-state index in [1.165, 1.54) is 6.07 Å². The number of nitriles is 1. The number of rotatable bonds is 2. The Balaban J connectivity index is 3.73. The molecule has 4 nitrogen and oxygen atoms in total. The van der Waals surface area contributed by atoms with E-state index in [4.69, 9.17) is 11.0 Å². The first kappa shape index (κ1) is 15.0. The molecule has 0 radical (unpaired) electrons. The van der Waals surface area contributed by atoms with Gasteiger partial charge in [-0.05, 0) is 26.0 Å². The number of hydrogen-bond donors (Lipinski definition) is 2. The van der Waals surface area contributed by atoms with Crippen molar-refractivity contribution in [1.29, 1.82) is 5.26 Å². The highest BCUT2D eigenvalue weighted by molar-refractivity contribution is 6.07. The van der Waals surface area contributed by atoms with Gasteiger partial charge in [-0.1, -0.05) is 0 Å². The fourth-order valence-electron chi connectivity index (χ4n) is 1.56. The molecule has 0 bridgehead atoms. The predicted octanol–water partition coefficient (Wildman–Crippen LogP) is 2.11. The number of Topliss-reactive ketones (excluding diaryl/α,β-unsaturated/α-hetero) is 1. The van der Waals surface area contributed by atoms with Gasteiger partial charge in [0.1, 0.15) is 5.60 Å². The van der Waals surface area contributed by atoms with Crippen molar-refractivity contribution in [2.75, 3.05) is 5.73 Å². The molecule has 1 rings (SSSR count). The molecule has 0 amide bonds. The minimum atomic E-state index is -4.92. The lowest BCUT2D eigenvalue weighted by Gasteiger charge is -2.21. The van der Waals surface area contributed by atoms with E-state index in [0.29, 0.717) is 0 Å². The van der Waals surface area contributed by atoms with E-state index >= 15 is 0 Å². The summed E-state index contributed by atoms with van der Waals surface area (Å²) in [5, 5.41) is 18.3. The smallest absolute Gasteiger partial charge is 0.398 e. The Hall–Kier alpha value is -2.07. The van der Waals surface area contributed by atoms with Crippen molar-refractivity contribution in [3.05, 3.63) is 28.8 Å². The van der Waals surface area contributed by atoms with Crippen LogP contribution in [0.15, 0.2) is 12.1 Å². The molecule has 0 atom stereocenters. The first-order valence-corrected chi connectivity index (χ1v) is 5.17. The normalized spacial score (nSPS) is 12.1. The van der Waals surface area contributed by atoms with E-state index in [1.807, 2.05) is 0 Å². The summed E-state index contributed by atoms with van der Waals surface area (Å²) in [6, 6.07) is 3.29. The average Bonchev–Trinajstić information content (AvgIpc) is 2.25. The van der Waals surface area contributed by atoms with Crippen molar-refractivity contribution >= 4 is 11.5 Å².